The smallest absolute Gasteiger partial charge is 0.191 e. The van der Waals surface area contributed by atoms with Crippen LogP contribution in [0.1, 0.15) is 20.8 Å². The van der Waals surface area contributed by atoms with Crippen LogP contribution >= 0.6 is 0 Å². The molecule has 6 heteroatoms. The van der Waals surface area contributed by atoms with Gasteiger partial charge in [-0.3, -0.25) is 9.89 Å². The first-order valence-corrected chi connectivity index (χ1v) is 7.38. The molecular weight excluding hydrogens is 256 g/mol. The van der Waals surface area contributed by atoms with Crippen molar-refractivity contribution in [2.75, 3.05) is 47.1 Å². The van der Waals surface area contributed by atoms with Crippen molar-refractivity contribution in [3.63, 3.8) is 0 Å². The van der Waals surface area contributed by atoms with Crippen LogP contribution < -0.4 is 10.6 Å². The summed E-state index contributed by atoms with van der Waals surface area (Å²) in [7, 11) is 3.49. The molecule has 0 aromatic rings. The molecule has 0 saturated carbocycles. The molecule has 118 valence electrons. The molecule has 1 saturated heterocycles. The van der Waals surface area contributed by atoms with Crippen LogP contribution in [0.2, 0.25) is 0 Å². The van der Waals surface area contributed by atoms with Gasteiger partial charge in [0.1, 0.15) is 0 Å². The van der Waals surface area contributed by atoms with Gasteiger partial charge in [-0.15, -0.1) is 0 Å². The summed E-state index contributed by atoms with van der Waals surface area (Å²) in [5.74, 6) is 0.822. The monoisotopic (exact) mass is 286 g/mol. The van der Waals surface area contributed by atoms with E-state index >= 15 is 0 Å². The number of aliphatic imine (C=N–C) groups is 1. The summed E-state index contributed by atoms with van der Waals surface area (Å²) < 4.78 is 10.6. The molecule has 1 fully saturated rings. The topological polar surface area (TPSA) is 58.1 Å². The number of hydrogen-bond acceptors (Lipinski definition) is 4. The Morgan fingerprint density at radius 2 is 2.25 bits per heavy atom. The molecule has 3 atom stereocenters. The fraction of sp³-hybridized carbons (Fsp3) is 0.929. The first-order valence-electron chi connectivity index (χ1n) is 7.38. The predicted octanol–water partition coefficient (Wildman–Crippen LogP) is 0.296. The van der Waals surface area contributed by atoms with Gasteiger partial charge in [0.25, 0.3) is 0 Å². The lowest BCUT2D eigenvalue weighted by Crippen LogP contribution is -2.53. The van der Waals surface area contributed by atoms with E-state index in [4.69, 9.17) is 9.47 Å². The lowest BCUT2D eigenvalue weighted by atomic mass is 10.2. The van der Waals surface area contributed by atoms with Crippen LogP contribution in [0, 0.1) is 0 Å². The summed E-state index contributed by atoms with van der Waals surface area (Å²) >= 11 is 0. The highest BCUT2D eigenvalue weighted by Gasteiger charge is 2.23. The molecule has 0 radical (unpaired) electrons. The molecule has 1 aliphatic heterocycles. The van der Waals surface area contributed by atoms with Gasteiger partial charge in [0, 0.05) is 45.4 Å². The zero-order valence-electron chi connectivity index (χ0n) is 13.5. The maximum absolute atomic E-state index is 5.48. The van der Waals surface area contributed by atoms with Crippen LogP contribution in [0.3, 0.4) is 0 Å². The number of nitrogens with one attached hydrogen (secondary N) is 2. The third kappa shape index (κ3) is 5.64. The van der Waals surface area contributed by atoms with Gasteiger partial charge in [-0.25, -0.2) is 0 Å². The summed E-state index contributed by atoms with van der Waals surface area (Å²) in [5.41, 5.74) is 0. The zero-order valence-corrected chi connectivity index (χ0v) is 13.5. The second-order valence-corrected chi connectivity index (χ2v) is 5.46. The van der Waals surface area contributed by atoms with Gasteiger partial charge < -0.3 is 20.1 Å². The van der Waals surface area contributed by atoms with Crippen molar-refractivity contribution in [2.45, 2.75) is 38.9 Å². The van der Waals surface area contributed by atoms with Crippen LogP contribution in [0.25, 0.3) is 0 Å². The van der Waals surface area contributed by atoms with Gasteiger partial charge in [0.2, 0.25) is 0 Å². The molecule has 0 aromatic heterocycles. The van der Waals surface area contributed by atoms with Crippen LogP contribution in [0.15, 0.2) is 4.99 Å². The highest BCUT2D eigenvalue weighted by molar-refractivity contribution is 5.79. The molecule has 6 nitrogen and oxygen atoms in total. The Balaban J connectivity index is 2.35. The van der Waals surface area contributed by atoms with Crippen molar-refractivity contribution >= 4 is 5.96 Å². The predicted molar refractivity (Wildman–Crippen MR) is 82.3 cm³/mol. The second kappa shape index (κ2) is 9.15. The Kier molecular flexibility index (Phi) is 7.87. The van der Waals surface area contributed by atoms with Crippen molar-refractivity contribution < 1.29 is 9.47 Å². The number of morpholine rings is 1. The van der Waals surface area contributed by atoms with E-state index in [0.29, 0.717) is 18.7 Å². The van der Waals surface area contributed by atoms with Gasteiger partial charge in [-0.05, 0) is 20.8 Å². The Morgan fingerprint density at radius 1 is 1.50 bits per heavy atom. The van der Waals surface area contributed by atoms with Gasteiger partial charge in [-0.1, -0.05) is 0 Å². The van der Waals surface area contributed by atoms with E-state index in [1.807, 2.05) is 0 Å². The highest BCUT2D eigenvalue weighted by atomic mass is 16.5. The number of hydrogen-bond donors (Lipinski definition) is 2. The van der Waals surface area contributed by atoms with Crippen molar-refractivity contribution in [3.8, 4) is 0 Å². The Morgan fingerprint density at radius 3 is 2.85 bits per heavy atom. The summed E-state index contributed by atoms with van der Waals surface area (Å²) in [6, 6.07) is 1.16. The maximum Gasteiger partial charge on any atom is 0.191 e. The summed E-state index contributed by atoms with van der Waals surface area (Å²) in [5, 5.41) is 6.68. The Labute approximate surface area is 122 Å². The van der Waals surface area contributed by atoms with Gasteiger partial charge in [-0.2, -0.15) is 0 Å². The van der Waals surface area contributed by atoms with E-state index in [1.165, 1.54) is 0 Å². The molecule has 0 aliphatic carbocycles. The zero-order chi connectivity index (χ0) is 15.0. The third-order valence-electron chi connectivity index (χ3n) is 3.57. The standard InChI is InChI=1S/C14H30N4O2/c1-11(9-19-5)17-14(15-4)16-8-12(2)18-6-7-20-10-13(18)3/h11-13H,6-10H2,1-5H3,(H2,15,16,17). The molecule has 0 spiro atoms. The average Bonchev–Trinajstić information content (AvgIpc) is 2.43. The molecule has 0 bridgehead atoms. The first kappa shape index (κ1) is 17.2. The van der Waals surface area contributed by atoms with E-state index in [0.717, 1.165) is 32.3 Å². The lowest BCUT2D eigenvalue weighted by Gasteiger charge is -2.38. The van der Waals surface area contributed by atoms with Crippen molar-refractivity contribution in [1.29, 1.82) is 0 Å². The van der Waals surface area contributed by atoms with E-state index < -0.39 is 0 Å². The highest BCUT2D eigenvalue weighted by Crippen LogP contribution is 2.09. The Bertz CT molecular complexity index is 299. The van der Waals surface area contributed by atoms with Gasteiger partial charge >= 0.3 is 0 Å². The van der Waals surface area contributed by atoms with E-state index in [9.17, 15) is 0 Å². The van der Waals surface area contributed by atoms with Crippen LogP contribution in [0.4, 0.5) is 0 Å². The number of rotatable bonds is 6. The number of nitrogens with zero attached hydrogens (tertiary/aromatic N) is 2. The van der Waals surface area contributed by atoms with Crippen molar-refractivity contribution in [3.05, 3.63) is 0 Å². The van der Waals surface area contributed by atoms with Crippen LogP contribution in [0.5, 0.6) is 0 Å². The normalized spacial score (nSPS) is 24.2. The largest absolute Gasteiger partial charge is 0.383 e. The third-order valence-corrected chi connectivity index (χ3v) is 3.57. The average molecular weight is 286 g/mol. The van der Waals surface area contributed by atoms with Gasteiger partial charge in [0.05, 0.1) is 19.8 Å². The molecule has 2 N–H and O–H groups in total. The quantitative estimate of drug-likeness (QED) is 0.543. The summed E-state index contributed by atoms with van der Waals surface area (Å²) in [6.45, 7) is 10.7. The van der Waals surface area contributed by atoms with Gasteiger partial charge in [0.15, 0.2) is 5.96 Å². The fourth-order valence-electron chi connectivity index (χ4n) is 2.48. The Hall–Kier alpha value is -0.850. The molecule has 3 unspecified atom stereocenters. The van der Waals surface area contributed by atoms with Crippen molar-refractivity contribution in [1.82, 2.24) is 15.5 Å². The minimum absolute atomic E-state index is 0.240. The van der Waals surface area contributed by atoms with Crippen LogP contribution in [-0.2, 0) is 9.47 Å². The fourth-order valence-corrected chi connectivity index (χ4v) is 2.48. The molecule has 1 rings (SSSR count). The van der Waals surface area contributed by atoms with E-state index in [-0.39, 0.29) is 6.04 Å². The van der Waals surface area contributed by atoms with E-state index in [1.54, 1.807) is 14.2 Å². The minimum atomic E-state index is 0.240. The molecule has 0 aromatic carbocycles. The number of ether oxygens (including phenoxy) is 2. The van der Waals surface area contributed by atoms with Crippen molar-refractivity contribution in [2.24, 2.45) is 4.99 Å². The molecule has 1 aliphatic rings. The molecule has 1 heterocycles. The molecule has 20 heavy (non-hydrogen) atoms. The minimum Gasteiger partial charge on any atom is -0.383 e. The SMILES string of the molecule is CN=C(NCC(C)N1CCOCC1C)NC(C)COC. The van der Waals surface area contributed by atoms with E-state index in [2.05, 4.69) is 41.3 Å². The first-order chi connectivity index (χ1) is 9.58. The summed E-state index contributed by atoms with van der Waals surface area (Å²) in [4.78, 5) is 6.72. The van der Waals surface area contributed by atoms with Crippen LogP contribution in [-0.4, -0.2) is 76.1 Å². The summed E-state index contributed by atoms with van der Waals surface area (Å²) in [6.07, 6.45) is 0. The number of guanidine groups is 1. The lowest BCUT2D eigenvalue weighted by molar-refractivity contribution is -0.0174. The number of methoxy groups -OCH3 is 1. The maximum atomic E-state index is 5.48. The molecular formula is C14H30N4O2. The second-order valence-electron chi connectivity index (χ2n) is 5.46. The molecule has 0 amide bonds.